The van der Waals surface area contributed by atoms with Crippen molar-refractivity contribution in [3.63, 3.8) is 0 Å². The second-order valence-corrected chi connectivity index (χ2v) is 9.75. The fourth-order valence-corrected chi connectivity index (χ4v) is 5.00. The van der Waals surface area contributed by atoms with E-state index >= 15 is 0 Å². The monoisotopic (exact) mass is 542 g/mol. The molecule has 4 aromatic rings. The highest BCUT2D eigenvalue weighted by Gasteiger charge is 2.22. The molecule has 0 spiro atoms. The van der Waals surface area contributed by atoms with E-state index in [-0.39, 0.29) is 11.9 Å². The normalized spacial score (nSPS) is 14.7. The van der Waals surface area contributed by atoms with Gasteiger partial charge in [0.25, 0.3) is 5.91 Å². The van der Waals surface area contributed by atoms with Crippen LogP contribution in [-0.4, -0.2) is 71.0 Å². The molecule has 1 aliphatic heterocycles. The molecule has 0 aliphatic carbocycles. The van der Waals surface area contributed by atoms with Gasteiger partial charge in [-0.2, -0.15) is 0 Å². The van der Waals surface area contributed by atoms with Crippen LogP contribution in [0.5, 0.6) is 0 Å². The highest BCUT2D eigenvalue weighted by Crippen LogP contribution is 2.33. The zero-order valence-electron chi connectivity index (χ0n) is 18.3. The predicted octanol–water partition coefficient (Wildman–Crippen LogP) is 4.16. The first-order chi connectivity index (χ1) is 16.4. The van der Waals surface area contributed by atoms with Gasteiger partial charge >= 0.3 is 6.03 Å². The SMILES string of the molecule is NC(=O)N1CCN(CCNC(=O)c2c(-c3cc4cc(Cl)ccc4[nH]3)[nH]c3cc(Br)ccc23)CC1. The molecular formula is C24H24BrClN6O2. The van der Waals surface area contributed by atoms with Crippen molar-refractivity contribution in [2.45, 2.75) is 0 Å². The molecule has 5 N–H and O–H groups in total. The number of hydrogen-bond acceptors (Lipinski definition) is 3. The zero-order chi connectivity index (χ0) is 23.8. The molecule has 10 heteroatoms. The molecular weight excluding hydrogens is 520 g/mol. The number of nitrogens with two attached hydrogens (primary N) is 1. The third-order valence-electron chi connectivity index (χ3n) is 6.24. The highest BCUT2D eigenvalue weighted by molar-refractivity contribution is 9.10. The van der Waals surface area contributed by atoms with Crippen molar-refractivity contribution in [3.8, 4) is 11.4 Å². The summed E-state index contributed by atoms with van der Waals surface area (Å²) in [5.74, 6) is -0.143. The Morgan fingerprint density at radius 3 is 2.59 bits per heavy atom. The van der Waals surface area contributed by atoms with E-state index in [0.29, 0.717) is 36.8 Å². The van der Waals surface area contributed by atoms with Crippen LogP contribution in [0.1, 0.15) is 10.4 Å². The van der Waals surface area contributed by atoms with Crippen LogP contribution in [0.25, 0.3) is 33.2 Å². The number of benzene rings is 2. The molecule has 0 atom stereocenters. The van der Waals surface area contributed by atoms with Crippen LogP contribution < -0.4 is 11.1 Å². The number of fused-ring (bicyclic) bond motifs is 2. The molecule has 1 aliphatic rings. The van der Waals surface area contributed by atoms with Crippen molar-refractivity contribution in [2.75, 3.05) is 39.3 Å². The molecule has 8 nitrogen and oxygen atoms in total. The third kappa shape index (κ3) is 4.51. The Bertz CT molecular complexity index is 1390. The lowest BCUT2D eigenvalue weighted by molar-refractivity contribution is 0.0944. The number of nitrogens with zero attached hydrogens (tertiary/aromatic N) is 2. The second kappa shape index (κ2) is 9.32. The van der Waals surface area contributed by atoms with Crippen molar-refractivity contribution in [2.24, 2.45) is 5.73 Å². The number of rotatable bonds is 5. The number of halogens is 2. The van der Waals surface area contributed by atoms with Gasteiger partial charge in [-0.15, -0.1) is 0 Å². The van der Waals surface area contributed by atoms with Gasteiger partial charge in [-0.1, -0.05) is 33.6 Å². The molecule has 2 aromatic carbocycles. The number of primary amides is 1. The first-order valence-corrected chi connectivity index (χ1v) is 12.2. The number of nitrogens with one attached hydrogen (secondary N) is 3. The van der Waals surface area contributed by atoms with Crippen molar-refractivity contribution >= 4 is 61.3 Å². The Kier molecular flexibility index (Phi) is 6.24. The van der Waals surface area contributed by atoms with E-state index in [9.17, 15) is 9.59 Å². The topological polar surface area (TPSA) is 110 Å². The number of aromatic nitrogens is 2. The van der Waals surface area contributed by atoms with E-state index in [1.54, 1.807) is 4.90 Å². The van der Waals surface area contributed by atoms with E-state index in [4.69, 9.17) is 17.3 Å². The van der Waals surface area contributed by atoms with E-state index in [1.165, 1.54) is 0 Å². The summed E-state index contributed by atoms with van der Waals surface area (Å²) in [5.41, 5.74) is 9.31. The van der Waals surface area contributed by atoms with Gasteiger partial charge in [0.15, 0.2) is 0 Å². The third-order valence-corrected chi connectivity index (χ3v) is 6.97. The first-order valence-electron chi connectivity index (χ1n) is 11.0. The molecule has 1 fully saturated rings. The molecule has 0 radical (unpaired) electrons. The van der Waals surface area contributed by atoms with Crippen LogP contribution in [0.15, 0.2) is 46.9 Å². The smallest absolute Gasteiger partial charge is 0.314 e. The Morgan fingerprint density at radius 2 is 1.82 bits per heavy atom. The molecule has 3 heterocycles. The first kappa shape index (κ1) is 22.8. The Morgan fingerprint density at radius 1 is 1.03 bits per heavy atom. The van der Waals surface area contributed by atoms with Gasteiger partial charge in [0, 0.05) is 70.6 Å². The number of aromatic amines is 2. The second-order valence-electron chi connectivity index (χ2n) is 8.40. The molecule has 3 amide bonds. The van der Waals surface area contributed by atoms with E-state index in [1.807, 2.05) is 42.5 Å². The molecule has 0 unspecified atom stereocenters. The molecule has 0 bridgehead atoms. The van der Waals surface area contributed by atoms with Crippen molar-refractivity contribution < 1.29 is 9.59 Å². The predicted molar refractivity (Wildman–Crippen MR) is 138 cm³/mol. The summed E-state index contributed by atoms with van der Waals surface area (Å²) in [6.07, 6.45) is 0. The summed E-state index contributed by atoms with van der Waals surface area (Å²) in [4.78, 5) is 35.4. The number of H-pyrrole nitrogens is 2. The van der Waals surface area contributed by atoms with E-state index in [0.717, 1.165) is 50.8 Å². The highest BCUT2D eigenvalue weighted by atomic mass is 79.9. The summed E-state index contributed by atoms with van der Waals surface area (Å²) in [6, 6.07) is 13.1. The minimum atomic E-state index is -0.384. The molecule has 1 saturated heterocycles. The summed E-state index contributed by atoms with van der Waals surface area (Å²) < 4.78 is 0.929. The summed E-state index contributed by atoms with van der Waals surface area (Å²) in [7, 11) is 0. The van der Waals surface area contributed by atoms with Gasteiger partial charge in [0.1, 0.15) is 0 Å². The lowest BCUT2D eigenvalue weighted by Gasteiger charge is -2.33. The minimum Gasteiger partial charge on any atom is -0.353 e. The fourth-order valence-electron chi connectivity index (χ4n) is 4.45. The Labute approximate surface area is 209 Å². The lowest BCUT2D eigenvalue weighted by Crippen LogP contribution is -2.51. The van der Waals surface area contributed by atoms with Crippen molar-refractivity contribution in [1.29, 1.82) is 0 Å². The van der Waals surface area contributed by atoms with Gasteiger partial charge in [0.05, 0.1) is 17.0 Å². The molecule has 5 rings (SSSR count). The van der Waals surface area contributed by atoms with Crippen LogP contribution in [0.4, 0.5) is 4.79 Å². The summed E-state index contributed by atoms with van der Waals surface area (Å²) in [6.45, 7) is 3.89. The average Bonchev–Trinajstić information content (AvgIpc) is 3.39. The maximum atomic E-state index is 13.4. The largest absolute Gasteiger partial charge is 0.353 e. The Balaban J connectivity index is 1.38. The van der Waals surface area contributed by atoms with Gasteiger partial charge in [-0.25, -0.2) is 4.79 Å². The number of carbonyl (C=O) groups is 2. The molecule has 0 saturated carbocycles. The minimum absolute atomic E-state index is 0.143. The van der Waals surface area contributed by atoms with E-state index in [2.05, 4.69) is 36.1 Å². The van der Waals surface area contributed by atoms with Gasteiger partial charge in [-0.3, -0.25) is 9.69 Å². The van der Waals surface area contributed by atoms with Gasteiger partial charge in [-0.05, 0) is 36.4 Å². The fraction of sp³-hybridized carbons (Fsp3) is 0.250. The van der Waals surface area contributed by atoms with Crippen molar-refractivity contribution in [1.82, 2.24) is 25.1 Å². The molecule has 34 heavy (non-hydrogen) atoms. The molecule has 2 aromatic heterocycles. The van der Waals surface area contributed by atoms with Crippen LogP contribution >= 0.6 is 27.5 Å². The maximum absolute atomic E-state index is 13.4. The van der Waals surface area contributed by atoms with E-state index < -0.39 is 0 Å². The molecule has 176 valence electrons. The van der Waals surface area contributed by atoms with Crippen molar-refractivity contribution in [3.05, 3.63) is 57.5 Å². The summed E-state index contributed by atoms with van der Waals surface area (Å²) in [5, 5.41) is 5.56. The number of hydrogen-bond donors (Lipinski definition) is 4. The average molecular weight is 544 g/mol. The lowest BCUT2D eigenvalue weighted by atomic mass is 10.1. The number of urea groups is 1. The number of carbonyl (C=O) groups excluding carboxylic acids is 2. The number of piperazine rings is 1. The number of amides is 3. The zero-order valence-corrected chi connectivity index (χ0v) is 20.7. The maximum Gasteiger partial charge on any atom is 0.314 e. The van der Waals surface area contributed by atoms with Crippen LogP contribution in [0.3, 0.4) is 0 Å². The van der Waals surface area contributed by atoms with Gasteiger partial charge < -0.3 is 25.9 Å². The quantitative estimate of drug-likeness (QED) is 0.303. The van der Waals surface area contributed by atoms with Crippen LogP contribution in [0.2, 0.25) is 5.02 Å². The van der Waals surface area contributed by atoms with Gasteiger partial charge in [0.2, 0.25) is 0 Å². The Hall–Kier alpha value is -3.01. The summed E-state index contributed by atoms with van der Waals surface area (Å²) >= 11 is 9.68. The van der Waals surface area contributed by atoms with Crippen LogP contribution in [-0.2, 0) is 0 Å². The standard InChI is InChI=1S/C24H24BrClN6O2/c25-15-1-3-17-19(13-15)30-22(20-12-14-11-16(26)2-4-18(14)29-20)21(17)23(33)28-5-6-31-7-9-32(10-8-31)24(27)34/h1-4,11-13,29-30H,5-10H2,(H2,27,34)(H,28,33). The van der Waals surface area contributed by atoms with Crippen LogP contribution in [0, 0.1) is 0 Å².